The van der Waals surface area contributed by atoms with E-state index in [0.29, 0.717) is 11.4 Å². The van der Waals surface area contributed by atoms with Crippen LogP contribution in [0.2, 0.25) is 0 Å². The molecule has 4 N–H and O–H groups in total. The summed E-state index contributed by atoms with van der Waals surface area (Å²) in [7, 11) is -3.98. The van der Waals surface area contributed by atoms with Crippen molar-refractivity contribution in [2.24, 2.45) is 0 Å². The first-order valence-corrected chi connectivity index (χ1v) is 7.53. The minimum Gasteiger partial charge on any atom is -0.480 e. The van der Waals surface area contributed by atoms with Crippen LogP contribution in [-0.2, 0) is 21.2 Å². The Morgan fingerprint density at radius 2 is 2.19 bits per heavy atom. The van der Waals surface area contributed by atoms with Crippen LogP contribution >= 0.6 is 0 Å². The highest BCUT2D eigenvalue weighted by Crippen LogP contribution is 2.17. The Morgan fingerprint density at radius 1 is 1.48 bits per heavy atom. The molecule has 9 nitrogen and oxygen atoms in total. The standard InChI is InChI=1S/C11H15N5O4S/c1-6-10(7(2)15-14-6)21(19,20)16-9(11(17)18)3-8-4-12-5-13-8/h4-5,9,16H,3H2,1-2H3,(H,12,13)(H,14,15)(H,17,18)/t9-/m1/s1. The van der Waals surface area contributed by atoms with E-state index in [9.17, 15) is 18.3 Å². The molecule has 2 aromatic heterocycles. The van der Waals surface area contributed by atoms with Crippen molar-refractivity contribution in [2.45, 2.75) is 31.2 Å². The number of nitrogens with one attached hydrogen (secondary N) is 3. The van der Waals surface area contributed by atoms with Gasteiger partial charge in [0, 0.05) is 18.3 Å². The molecule has 0 bridgehead atoms. The van der Waals surface area contributed by atoms with E-state index >= 15 is 0 Å². The number of aryl methyl sites for hydroxylation is 2. The fourth-order valence-corrected chi connectivity index (χ4v) is 3.54. The second-order valence-corrected chi connectivity index (χ2v) is 6.21. The van der Waals surface area contributed by atoms with Crippen LogP contribution in [0.15, 0.2) is 17.4 Å². The predicted molar refractivity (Wildman–Crippen MR) is 72.1 cm³/mol. The van der Waals surface area contributed by atoms with Crippen LogP contribution in [0.25, 0.3) is 0 Å². The van der Waals surface area contributed by atoms with Gasteiger partial charge in [0.05, 0.1) is 17.7 Å². The molecule has 0 aliphatic carbocycles. The van der Waals surface area contributed by atoms with Crippen LogP contribution in [0.3, 0.4) is 0 Å². The number of carbonyl (C=O) groups is 1. The molecule has 0 fully saturated rings. The van der Waals surface area contributed by atoms with Crippen molar-refractivity contribution in [3.05, 3.63) is 29.6 Å². The zero-order chi connectivity index (χ0) is 15.6. The van der Waals surface area contributed by atoms with Crippen LogP contribution in [-0.4, -0.2) is 45.7 Å². The van der Waals surface area contributed by atoms with Crippen LogP contribution in [0.5, 0.6) is 0 Å². The molecule has 2 rings (SSSR count). The zero-order valence-electron chi connectivity index (χ0n) is 11.4. The van der Waals surface area contributed by atoms with E-state index < -0.39 is 22.0 Å². The molecule has 0 amide bonds. The van der Waals surface area contributed by atoms with E-state index in [2.05, 4.69) is 24.9 Å². The van der Waals surface area contributed by atoms with Crippen LogP contribution in [0.1, 0.15) is 17.1 Å². The predicted octanol–water partition coefficient (Wildman–Crippen LogP) is -0.276. The second-order valence-electron chi connectivity index (χ2n) is 4.56. The lowest BCUT2D eigenvalue weighted by Gasteiger charge is -2.14. The van der Waals surface area contributed by atoms with Gasteiger partial charge in [-0.05, 0) is 13.8 Å². The summed E-state index contributed by atoms with van der Waals surface area (Å²) in [6.45, 7) is 3.09. The molecule has 1 atom stereocenters. The fraction of sp³-hybridized carbons (Fsp3) is 0.364. The molecule has 0 saturated heterocycles. The first-order valence-electron chi connectivity index (χ1n) is 6.05. The van der Waals surface area contributed by atoms with Crippen molar-refractivity contribution >= 4 is 16.0 Å². The van der Waals surface area contributed by atoms with Crippen LogP contribution < -0.4 is 4.72 Å². The third-order valence-electron chi connectivity index (χ3n) is 2.90. The van der Waals surface area contributed by atoms with Gasteiger partial charge in [0.25, 0.3) is 0 Å². The van der Waals surface area contributed by atoms with Gasteiger partial charge in [0.15, 0.2) is 0 Å². The number of imidazole rings is 1. The zero-order valence-corrected chi connectivity index (χ0v) is 12.2. The second kappa shape index (κ2) is 5.66. The van der Waals surface area contributed by atoms with E-state index in [-0.39, 0.29) is 17.0 Å². The fourth-order valence-electron chi connectivity index (χ4n) is 1.98. The monoisotopic (exact) mass is 313 g/mol. The van der Waals surface area contributed by atoms with Gasteiger partial charge < -0.3 is 10.1 Å². The molecular weight excluding hydrogens is 298 g/mol. The highest BCUT2D eigenvalue weighted by atomic mass is 32.2. The van der Waals surface area contributed by atoms with E-state index in [1.165, 1.54) is 19.4 Å². The summed E-state index contributed by atoms with van der Waals surface area (Å²) < 4.78 is 26.8. The van der Waals surface area contributed by atoms with Crippen molar-refractivity contribution in [1.82, 2.24) is 24.9 Å². The number of carboxylic acids is 1. The third kappa shape index (κ3) is 3.28. The SMILES string of the molecule is Cc1n[nH]c(C)c1S(=O)(=O)N[C@H](Cc1cnc[nH]1)C(=O)O. The van der Waals surface area contributed by atoms with Gasteiger partial charge in [0.1, 0.15) is 10.9 Å². The van der Waals surface area contributed by atoms with Gasteiger partial charge in [0.2, 0.25) is 10.0 Å². The van der Waals surface area contributed by atoms with Crippen molar-refractivity contribution in [3.63, 3.8) is 0 Å². The lowest BCUT2D eigenvalue weighted by atomic mass is 10.2. The Hall–Kier alpha value is -2.20. The Kier molecular flexibility index (Phi) is 4.09. The Morgan fingerprint density at radius 3 is 2.67 bits per heavy atom. The largest absolute Gasteiger partial charge is 0.480 e. The molecule has 0 spiro atoms. The number of rotatable bonds is 6. The quantitative estimate of drug-likeness (QED) is 0.578. The molecule has 0 unspecified atom stereocenters. The average molecular weight is 313 g/mol. The number of nitrogens with zero attached hydrogens (tertiary/aromatic N) is 2. The molecule has 21 heavy (non-hydrogen) atoms. The summed E-state index contributed by atoms with van der Waals surface area (Å²) in [6.07, 6.45) is 2.80. The van der Waals surface area contributed by atoms with E-state index in [0.717, 1.165) is 0 Å². The third-order valence-corrected chi connectivity index (χ3v) is 4.64. The van der Waals surface area contributed by atoms with Crippen LogP contribution in [0.4, 0.5) is 0 Å². The van der Waals surface area contributed by atoms with Gasteiger partial charge in [-0.15, -0.1) is 0 Å². The molecule has 114 valence electrons. The summed E-state index contributed by atoms with van der Waals surface area (Å²) in [5.74, 6) is -1.27. The minimum absolute atomic E-state index is 0.0293. The van der Waals surface area contributed by atoms with Gasteiger partial charge in [-0.25, -0.2) is 13.4 Å². The summed E-state index contributed by atoms with van der Waals surface area (Å²) >= 11 is 0. The summed E-state index contributed by atoms with van der Waals surface area (Å²) in [6, 6.07) is -1.30. The lowest BCUT2D eigenvalue weighted by Crippen LogP contribution is -2.42. The number of aromatic nitrogens is 4. The molecule has 0 radical (unpaired) electrons. The molecule has 0 aliphatic rings. The average Bonchev–Trinajstić information content (AvgIpc) is 2.98. The van der Waals surface area contributed by atoms with Crippen molar-refractivity contribution in [3.8, 4) is 0 Å². The van der Waals surface area contributed by atoms with Crippen molar-refractivity contribution in [2.75, 3.05) is 0 Å². The number of aliphatic carboxylic acids is 1. The normalized spacial score (nSPS) is 13.2. The van der Waals surface area contributed by atoms with E-state index in [1.54, 1.807) is 6.92 Å². The summed E-state index contributed by atoms with van der Waals surface area (Å²) in [5, 5.41) is 15.5. The van der Waals surface area contributed by atoms with Crippen molar-refractivity contribution < 1.29 is 18.3 Å². The lowest BCUT2D eigenvalue weighted by molar-refractivity contribution is -0.138. The molecule has 0 aliphatic heterocycles. The topological polar surface area (TPSA) is 141 Å². The van der Waals surface area contributed by atoms with Crippen LogP contribution in [0, 0.1) is 13.8 Å². The molecule has 0 aromatic carbocycles. The highest BCUT2D eigenvalue weighted by Gasteiger charge is 2.29. The molecule has 10 heteroatoms. The smallest absolute Gasteiger partial charge is 0.322 e. The number of H-pyrrole nitrogens is 2. The molecule has 2 heterocycles. The van der Waals surface area contributed by atoms with Crippen molar-refractivity contribution in [1.29, 1.82) is 0 Å². The maximum atomic E-state index is 12.3. The van der Waals surface area contributed by atoms with E-state index in [4.69, 9.17) is 0 Å². The number of hydrogen-bond donors (Lipinski definition) is 4. The van der Waals surface area contributed by atoms with Gasteiger partial charge in [-0.3, -0.25) is 9.89 Å². The van der Waals surface area contributed by atoms with Gasteiger partial charge in [-0.2, -0.15) is 9.82 Å². The Balaban J connectivity index is 2.26. The number of hydrogen-bond acceptors (Lipinski definition) is 5. The highest BCUT2D eigenvalue weighted by molar-refractivity contribution is 7.89. The minimum atomic E-state index is -3.98. The summed E-state index contributed by atoms with van der Waals surface area (Å²) in [5.41, 5.74) is 1.15. The van der Waals surface area contributed by atoms with Gasteiger partial charge in [-0.1, -0.05) is 0 Å². The first kappa shape index (κ1) is 15.2. The Bertz CT molecular complexity index is 715. The molecular formula is C11H15N5O4S. The maximum Gasteiger partial charge on any atom is 0.322 e. The Labute approximate surface area is 120 Å². The van der Waals surface area contributed by atoms with Gasteiger partial charge >= 0.3 is 5.97 Å². The van der Waals surface area contributed by atoms with E-state index in [1.807, 2.05) is 0 Å². The summed E-state index contributed by atoms with van der Waals surface area (Å²) in [4.78, 5) is 17.7. The number of aromatic amines is 2. The maximum absolute atomic E-state index is 12.3. The number of sulfonamides is 1. The number of carboxylic acid groups (broad SMARTS) is 1. The molecule has 0 saturated carbocycles. The molecule has 2 aromatic rings. The first-order chi connectivity index (χ1) is 9.81.